The van der Waals surface area contributed by atoms with Gasteiger partial charge in [-0.3, -0.25) is 4.79 Å². The zero-order chi connectivity index (χ0) is 19.4. The van der Waals surface area contributed by atoms with Gasteiger partial charge in [-0.05, 0) is 38.4 Å². The molecule has 0 bridgehead atoms. The number of carbonyl (C=O) groups is 1. The number of hydrogen-bond acceptors (Lipinski definition) is 2. The molecule has 1 nitrogen and oxygen atoms in total. The summed E-state index contributed by atoms with van der Waals surface area (Å²) in [4.78, 5) is 13.4. The fraction of sp³-hybridized carbons (Fsp3) is 0.500. The van der Waals surface area contributed by atoms with E-state index in [9.17, 15) is 4.79 Å². The van der Waals surface area contributed by atoms with E-state index >= 15 is 8.78 Å². The second kappa shape index (κ2) is 8.51. The van der Waals surface area contributed by atoms with Crippen molar-refractivity contribution in [2.75, 3.05) is 5.75 Å². The fourth-order valence-corrected chi connectivity index (χ4v) is 4.90. The van der Waals surface area contributed by atoms with E-state index in [1.165, 1.54) is 30.8 Å². The summed E-state index contributed by atoms with van der Waals surface area (Å²) in [5, 5.41) is 0. The SMILES string of the molecule is CCCCSC1=C(C)[C@@H](CC)C=C[C@]1(C)C(F)(F)C(=O)c1ccccc1. The van der Waals surface area contributed by atoms with Gasteiger partial charge in [-0.15, -0.1) is 11.8 Å². The molecule has 0 fully saturated rings. The van der Waals surface area contributed by atoms with Gasteiger partial charge in [-0.2, -0.15) is 8.78 Å². The third-order valence-electron chi connectivity index (χ3n) is 5.21. The van der Waals surface area contributed by atoms with E-state index in [2.05, 4.69) is 13.8 Å². The van der Waals surface area contributed by atoms with Crippen LogP contribution in [-0.4, -0.2) is 17.5 Å². The summed E-state index contributed by atoms with van der Waals surface area (Å²) >= 11 is 1.49. The Balaban J connectivity index is 2.46. The van der Waals surface area contributed by atoms with Crippen molar-refractivity contribution >= 4 is 17.5 Å². The van der Waals surface area contributed by atoms with Crippen molar-refractivity contribution in [2.45, 2.75) is 52.9 Å². The third kappa shape index (κ3) is 3.80. The Kier molecular flexibility index (Phi) is 6.84. The van der Waals surface area contributed by atoms with E-state index in [1.54, 1.807) is 24.3 Å². The van der Waals surface area contributed by atoms with Crippen LogP contribution in [0.2, 0.25) is 0 Å². The molecule has 0 saturated carbocycles. The first-order valence-electron chi connectivity index (χ1n) is 9.30. The molecule has 0 amide bonds. The summed E-state index contributed by atoms with van der Waals surface area (Å²) in [5.74, 6) is -3.66. The Hall–Kier alpha value is -1.42. The average molecular weight is 379 g/mol. The van der Waals surface area contributed by atoms with Crippen molar-refractivity contribution in [1.82, 2.24) is 0 Å². The number of benzene rings is 1. The molecule has 0 aliphatic heterocycles. The number of allylic oxidation sites excluding steroid dienone is 4. The number of thioether (sulfide) groups is 1. The number of Topliss-reactive ketones (excluding diaryl/α,β-unsaturated/α-hetero) is 1. The van der Waals surface area contributed by atoms with Gasteiger partial charge in [0, 0.05) is 10.5 Å². The number of halogens is 2. The second-order valence-corrected chi connectivity index (χ2v) is 8.17. The van der Waals surface area contributed by atoms with Crippen LogP contribution < -0.4 is 0 Å². The van der Waals surface area contributed by atoms with Crippen LogP contribution in [0.1, 0.15) is 57.3 Å². The lowest BCUT2D eigenvalue weighted by Crippen LogP contribution is -2.46. The van der Waals surface area contributed by atoms with Gasteiger partial charge in [0.25, 0.3) is 0 Å². The first-order chi connectivity index (χ1) is 12.3. The van der Waals surface area contributed by atoms with Crippen LogP contribution in [0, 0.1) is 11.3 Å². The molecule has 0 spiro atoms. The summed E-state index contributed by atoms with van der Waals surface area (Å²) in [6.07, 6.45) is 6.28. The molecule has 0 radical (unpaired) electrons. The maximum Gasteiger partial charge on any atom is 0.322 e. The van der Waals surface area contributed by atoms with Crippen LogP contribution in [0.25, 0.3) is 0 Å². The van der Waals surface area contributed by atoms with Crippen molar-refractivity contribution in [2.24, 2.45) is 11.3 Å². The minimum atomic E-state index is -3.50. The predicted molar refractivity (Wildman–Crippen MR) is 107 cm³/mol. The number of carbonyl (C=O) groups excluding carboxylic acids is 1. The second-order valence-electron chi connectivity index (χ2n) is 7.06. The van der Waals surface area contributed by atoms with Gasteiger partial charge in [-0.1, -0.05) is 68.3 Å². The number of alkyl halides is 2. The zero-order valence-electron chi connectivity index (χ0n) is 16.0. The van der Waals surface area contributed by atoms with E-state index < -0.39 is 17.1 Å². The Bertz CT molecular complexity index is 693. The van der Waals surface area contributed by atoms with Crippen LogP contribution >= 0.6 is 11.8 Å². The highest BCUT2D eigenvalue weighted by molar-refractivity contribution is 8.03. The number of hydrogen-bond donors (Lipinski definition) is 0. The largest absolute Gasteiger partial charge is 0.322 e. The average Bonchev–Trinajstić information content (AvgIpc) is 2.64. The lowest BCUT2D eigenvalue weighted by molar-refractivity contribution is -0.0411. The van der Waals surface area contributed by atoms with E-state index in [-0.39, 0.29) is 11.5 Å². The van der Waals surface area contributed by atoms with Crippen LogP contribution in [-0.2, 0) is 0 Å². The van der Waals surface area contributed by atoms with E-state index in [4.69, 9.17) is 0 Å². The van der Waals surface area contributed by atoms with Gasteiger partial charge in [0.05, 0.1) is 5.41 Å². The zero-order valence-corrected chi connectivity index (χ0v) is 16.8. The smallest absolute Gasteiger partial charge is 0.287 e. The molecule has 1 aromatic carbocycles. The molecule has 0 saturated heterocycles. The highest BCUT2D eigenvalue weighted by Gasteiger charge is 2.58. The molecule has 142 valence electrons. The summed E-state index contributed by atoms with van der Waals surface area (Å²) in [6, 6.07) is 7.88. The van der Waals surface area contributed by atoms with E-state index in [0.29, 0.717) is 4.91 Å². The summed E-state index contributed by atoms with van der Waals surface area (Å²) in [5.41, 5.74) is -0.576. The van der Waals surface area contributed by atoms with Crippen LogP contribution in [0.15, 0.2) is 53.0 Å². The minimum absolute atomic E-state index is 0.0558. The van der Waals surface area contributed by atoms with Gasteiger partial charge in [0.1, 0.15) is 0 Å². The lowest BCUT2D eigenvalue weighted by atomic mass is 9.72. The highest BCUT2D eigenvalue weighted by atomic mass is 32.2. The topological polar surface area (TPSA) is 17.1 Å². The molecule has 0 N–H and O–H groups in total. The minimum Gasteiger partial charge on any atom is -0.287 e. The quantitative estimate of drug-likeness (QED) is 0.278. The Morgan fingerprint density at radius 3 is 2.46 bits per heavy atom. The van der Waals surface area contributed by atoms with Crippen molar-refractivity contribution in [3.63, 3.8) is 0 Å². The summed E-state index contributed by atoms with van der Waals surface area (Å²) in [6.45, 7) is 7.59. The Labute approximate surface area is 160 Å². The molecule has 1 aliphatic carbocycles. The lowest BCUT2D eigenvalue weighted by Gasteiger charge is -2.40. The summed E-state index contributed by atoms with van der Waals surface area (Å²) < 4.78 is 31.0. The molecule has 0 aromatic heterocycles. The maximum absolute atomic E-state index is 15.5. The van der Waals surface area contributed by atoms with E-state index in [0.717, 1.165) is 30.6 Å². The van der Waals surface area contributed by atoms with E-state index in [1.807, 2.05) is 13.0 Å². The van der Waals surface area contributed by atoms with Gasteiger partial charge in [0.15, 0.2) is 0 Å². The van der Waals surface area contributed by atoms with Crippen LogP contribution in [0.5, 0.6) is 0 Å². The van der Waals surface area contributed by atoms with Gasteiger partial charge < -0.3 is 0 Å². The Morgan fingerprint density at radius 1 is 1.23 bits per heavy atom. The molecule has 0 heterocycles. The van der Waals surface area contributed by atoms with Crippen molar-refractivity contribution in [3.05, 3.63) is 58.5 Å². The molecule has 1 aromatic rings. The molecule has 4 heteroatoms. The van der Waals surface area contributed by atoms with Crippen LogP contribution in [0.3, 0.4) is 0 Å². The molecular formula is C22H28F2OS. The monoisotopic (exact) mass is 378 g/mol. The van der Waals surface area contributed by atoms with Crippen LogP contribution in [0.4, 0.5) is 8.78 Å². The normalized spacial score (nSPS) is 23.4. The van der Waals surface area contributed by atoms with Gasteiger partial charge >= 0.3 is 5.92 Å². The molecular weight excluding hydrogens is 350 g/mol. The van der Waals surface area contributed by atoms with Gasteiger partial charge in [-0.25, -0.2) is 0 Å². The Morgan fingerprint density at radius 2 is 1.88 bits per heavy atom. The predicted octanol–water partition coefficient (Wildman–Crippen LogP) is 6.91. The summed E-state index contributed by atoms with van der Waals surface area (Å²) in [7, 11) is 0. The van der Waals surface area contributed by atoms with Crippen molar-refractivity contribution < 1.29 is 13.6 Å². The highest BCUT2D eigenvalue weighted by Crippen LogP contribution is 2.54. The molecule has 2 atom stereocenters. The number of rotatable bonds is 8. The van der Waals surface area contributed by atoms with Gasteiger partial charge in [0.2, 0.25) is 5.78 Å². The first-order valence-corrected chi connectivity index (χ1v) is 10.3. The molecule has 2 rings (SSSR count). The number of ketones is 1. The molecule has 1 aliphatic rings. The number of unbranched alkanes of at least 4 members (excludes halogenated alkanes) is 1. The fourth-order valence-electron chi connectivity index (χ4n) is 3.39. The van der Waals surface area contributed by atoms with Crippen molar-refractivity contribution in [1.29, 1.82) is 0 Å². The first kappa shape index (κ1) is 20.9. The molecule has 0 unspecified atom stereocenters. The third-order valence-corrected chi connectivity index (χ3v) is 6.73. The molecule has 26 heavy (non-hydrogen) atoms. The standard InChI is InChI=1S/C22H28F2OS/c1-5-7-15-26-20-16(3)17(6-2)13-14-21(20,4)22(23,24)19(25)18-11-9-8-10-12-18/h8-14,17H,5-7,15H2,1-4H3/t17-,21-/m0/s1. The van der Waals surface area contributed by atoms with Crippen molar-refractivity contribution in [3.8, 4) is 0 Å². The maximum atomic E-state index is 15.5.